The summed E-state index contributed by atoms with van der Waals surface area (Å²) in [6.45, 7) is 0. The Morgan fingerprint density at radius 2 is 2.21 bits per heavy atom. The van der Waals surface area contributed by atoms with Gasteiger partial charge in [-0.3, -0.25) is 4.98 Å². The zero-order valence-electron chi connectivity index (χ0n) is 9.77. The summed E-state index contributed by atoms with van der Waals surface area (Å²) in [5.41, 5.74) is 1.45. The fraction of sp³-hybridized carbons (Fsp3) is 0.0769. The standard InChI is InChI=1S/C13H10ClFN2S2/c14-10-5-4-9(7-12(10)19-8-15)17-13(18)11-3-1-2-6-16-11/h1-7H,8H2,(H,17,18). The van der Waals surface area contributed by atoms with Crippen LogP contribution in [0.5, 0.6) is 0 Å². The average molecular weight is 313 g/mol. The van der Waals surface area contributed by atoms with Crippen LogP contribution in [0.25, 0.3) is 0 Å². The van der Waals surface area contributed by atoms with Gasteiger partial charge < -0.3 is 5.32 Å². The van der Waals surface area contributed by atoms with Gasteiger partial charge in [0.2, 0.25) is 0 Å². The van der Waals surface area contributed by atoms with Crippen LogP contribution in [-0.4, -0.2) is 16.0 Å². The lowest BCUT2D eigenvalue weighted by atomic mass is 10.3. The minimum atomic E-state index is -0.520. The summed E-state index contributed by atoms with van der Waals surface area (Å²) in [5, 5.41) is 3.58. The molecule has 2 nitrogen and oxygen atoms in total. The molecule has 1 aromatic heterocycles. The van der Waals surface area contributed by atoms with Gasteiger partial charge in [-0.1, -0.05) is 41.6 Å². The number of benzene rings is 1. The van der Waals surface area contributed by atoms with E-state index in [1.807, 2.05) is 18.2 Å². The normalized spacial score (nSPS) is 10.2. The van der Waals surface area contributed by atoms with Crippen LogP contribution in [0.15, 0.2) is 47.5 Å². The first kappa shape index (κ1) is 14.2. The molecule has 2 aromatic rings. The summed E-state index contributed by atoms with van der Waals surface area (Å²) in [4.78, 5) is 5.35. The lowest BCUT2D eigenvalue weighted by Gasteiger charge is -2.09. The lowest BCUT2D eigenvalue weighted by Crippen LogP contribution is -2.11. The molecule has 19 heavy (non-hydrogen) atoms. The molecule has 0 saturated heterocycles. The predicted octanol–water partition coefficient (Wildman–Crippen LogP) is 4.54. The Kier molecular flexibility index (Phi) is 5.13. The van der Waals surface area contributed by atoms with Gasteiger partial charge >= 0.3 is 0 Å². The highest BCUT2D eigenvalue weighted by Crippen LogP contribution is 2.30. The number of nitrogens with zero attached hydrogens (tertiary/aromatic N) is 1. The predicted molar refractivity (Wildman–Crippen MR) is 82.8 cm³/mol. The molecule has 0 saturated carbocycles. The molecule has 6 heteroatoms. The molecule has 1 heterocycles. The molecule has 0 spiro atoms. The van der Waals surface area contributed by atoms with Gasteiger partial charge in [-0.15, -0.1) is 0 Å². The minimum absolute atomic E-state index is 0.513. The average Bonchev–Trinajstić information content (AvgIpc) is 2.44. The molecular weight excluding hydrogens is 303 g/mol. The van der Waals surface area contributed by atoms with Crippen LogP contribution in [-0.2, 0) is 0 Å². The molecule has 0 unspecified atom stereocenters. The second-order valence-electron chi connectivity index (χ2n) is 3.57. The van der Waals surface area contributed by atoms with Gasteiger partial charge in [0, 0.05) is 16.8 Å². The van der Waals surface area contributed by atoms with Gasteiger partial charge in [0.1, 0.15) is 11.0 Å². The molecule has 0 atom stereocenters. The van der Waals surface area contributed by atoms with E-state index in [2.05, 4.69) is 10.3 Å². The van der Waals surface area contributed by atoms with E-state index in [1.165, 1.54) is 0 Å². The van der Waals surface area contributed by atoms with Crippen molar-refractivity contribution in [3.05, 3.63) is 53.3 Å². The number of nitrogens with one attached hydrogen (secondary N) is 1. The Morgan fingerprint density at radius 1 is 1.37 bits per heavy atom. The summed E-state index contributed by atoms with van der Waals surface area (Å²) in [7, 11) is 0. The van der Waals surface area contributed by atoms with Crippen molar-refractivity contribution in [2.75, 3.05) is 11.3 Å². The van der Waals surface area contributed by atoms with Crippen LogP contribution in [0.4, 0.5) is 10.1 Å². The summed E-state index contributed by atoms with van der Waals surface area (Å²) < 4.78 is 12.4. The minimum Gasteiger partial charge on any atom is -0.345 e. The van der Waals surface area contributed by atoms with Gasteiger partial charge in [0.15, 0.2) is 0 Å². The van der Waals surface area contributed by atoms with Crippen LogP contribution < -0.4 is 5.32 Å². The highest BCUT2D eigenvalue weighted by Gasteiger charge is 2.06. The first-order valence-electron chi connectivity index (χ1n) is 5.41. The van der Waals surface area contributed by atoms with Crippen molar-refractivity contribution in [1.82, 2.24) is 4.98 Å². The van der Waals surface area contributed by atoms with Gasteiger partial charge in [0.25, 0.3) is 0 Å². The number of alkyl halides is 1. The molecule has 0 bridgehead atoms. The molecule has 98 valence electrons. The van der Waals surface area contributed by atoms with E-state index in [4.69, 9.17) is 23.8 Å². The van der Waals surface area contributed by atoms with Crippen molar-refractivity contribution in [2.24, 2.45) is 0 Å². The Bertz CT molecular complexity index is 578. The Balaban J connectivity index is 2.15. The number of halogens is 2. The maximum Gasteiger partial charge on any atom is 0.139 e. The topological polar surface area (TPSA) is 24.9 Å². The van der Waals surface area contributed by atoms with Crippen LogP contribution in [0.3, 0.4) is 0 Å². The number of anilines is 1. The van der Waals surface area contributed by atoms with Crippen LogP contribution in [0.1, 0.15) is 5.69 Å². The SMILES string of the molecule is FCSc1cc(NC(=S)c2ccccn2)ccc1Cl. The quantitative estimate of drug-likeness (QED) is 0.662. The van der Waals surface area contributed by atoms with Crippen LogP contribution in [0.2, 0.25) is 5.02 Å². The van der Waals surface area contributed by atoms with E-state index < -0.39 is 6.01 Å². The third-order valence-electron chi connectivity index (χ3n) is 2.30. The van der Waals surface area contributed by atoms with E-state index in [1.54, 1.807) is 24.4 Å². The van der Waals surface area contributed by atoms with Gasteiger partial charge in [0.05, 0.1) is 10.7 Å². The van der Waals surface area contributed by atoms with Crippen molar-refractivity contribution in [3.8, 4) is 0 Å². The number of pyridine rings is 1. The van der Waals surface area contributed by atoms with E-state index in [0.717, 1.165) is 17.4 Å². The lowest BCUT2D eigenvalue weighted by molar-refractivity contribution is 0.606. The van der Waals surface area contributed by atoms with Crippen molar-refractivity contribution < 1.29 is 4.39 Å². The van der Waals surface area contributed by atoms with Crippen molar-refractivity contribution >= 4 is 46.3 Å². The van der Waals surface area contributed by atoms with E-state index in [-0.39, 0.29) is 0 Å². The first-order chi connectivity index (χ1) is 9.20. The van der Waals surface area contributed by atoms with Crippen molar-refractivity contribution in [2.45, 2.75) is 4.90 Å². The second kappa shape index (κ2) is 6.84. The third-order valence-corrected chi connectivity index (χ3v) is 3.81. The molecule has 1 N–H and O–H groups in total. The molecule has 0 fully saturated rings. The van der Waals surface area contributed by atoms with Crippen LogP contribution in [0, 0.1) is 0 Å². The van der Waals surface area contributed by atoms with E-state index in [0.29, 0.717) is 20.6 Å². The molecule has 2 rings (SSSR count). The van der Waals surface area contributed by atoms with Gasteiger partial charge in [-0.25, -0.2) is 4.39 Å². The third kappa shape index (κ3) is 3.89. The Morgan fingerprint density at radius 3 is 2.89 bits per heavy atom. The number of hydrogen-bond acceptors (Lipinski definition) is 3. The molecule has 0 radical (unpaired) electrons. The number of thioether (sulfide) groups is 1. The van der Waals surface area contributed by atoms with Gasteiger partial charge in [-0.05, 0) is 30.3 Å². The number of thiocarbonyl (C=S) groups is 1. The molecule has 0 aliphatic heterocycles. The first-order valence-corrected chi connectivity index (χ1v) is 7.18. The monoisotopic (exact) mass is 312 g/mol. The Labute approximate surface area is 125 Å². The van der Waals surface area contributed by atoms with E-state index in [9.17, 15) is 4.39 Å². The van der Waals surface area contributed by atoms with Gasteiger partial charge in [-0.2, -0.15) is 0 Å². The smallest absolute Gasteiger partial charge is 0.139 e. The molecular formula is C13H10ClFN2S2. The maximum atomic E-state index is 12.4. The summed E-state index contributed by atoms with van der Waals surface area (Å²) >= 11 is 12.3. The summed E-state index contributed by atoms with van der Waals surface area (Å²) in [6, 6.07) is 10.3. The summed E-state index contributed by atoms with van der Waals surface area (Å²) in [6.07, 6.45) is 1.68. The van der Waals surface area contributed by atoms with Crippen LogP contribution >= 0.6 is 35.6 Å². The highest BCUT2D eigenvalue weighted by atomic mass is 35.5. The zero-order valence-corrected chi connectivity index (χ0v) is 12.2. The second-order valence-corrected chi connectivity index (χ2v) is 5.33. The summed E-state index contributed by atoms with van der Waals surface area (Å²) in [5.74, 6) is 0. The molecule has 0 amide bonds. The largest absolute Gasteiger partial charge is 0.345 e. The number of rotatable bonds is 4. The fourth-order valence-electron chi connectivity index (χ4n) is 1.44. The highest BCUT2D eigenvalue weighted by molar-refractivity contribution is 7.99. The maximum absolute atomic E-state index is 12.4. The number of aromatic nitrogens is 1. The molecule has 0 aliphatic rings. The zero-order chi connectivity index (χ0) is 13.7. The number of hydrogen-bond donors (Lipinski definition) is 1. The van der Waals surface area contributed by atoms with Crippen molar-refractivity contribution in [3.63, 3.8) is 0 Å². The molecule has 1 aromatic carbocycles. The Hall–Kier alpha value is -1.17. The molecule has 0 aliphatic carbocycles. The fourth-order valence-corrected chi connectivity index (χ4v) is 2.50. The van der Waals surface area contributed by atoms with Crippen molar-refractivity contribution in [1.29, 1.82) is 0 Å². The van der Waals surface area contributed by atoms with E-state index >= 15 is 0 Å².